The number of nitrogens with one attached hydrogen (secondary N) is 1. The van der Waals surface area contributed by atoms with Gasteiger partial charge in [0.1, 0.15) is 12.4 Å². The van der Waals surface area contributed by atoms with Gasteiger partial charge in [-0.15, -0.1) is 5.10 Å². The van der Waals surface area contributed by atoms with Crippen LogP contribution in [0.3, 0.4) is 0 Å². The second kappa shape index (κ2) is 7.73. The maximum atomic E-state index is 12.1. The first kappa shape index (κ1) is 18.4. The standard InChI is InChI=1S/C14H15F3N6O2/c1-9(12-18-5-2-6-19-12)23(13(24)25)7-10-3-4-11(22-21-10)20-8-14(15,16)17/h2-6,9H,7-8H2,1H3,(H,20,22)(H,24,25)/t9-/m1/s1. The largest absolute Gasteiger partial charge is 0.465 e. The number of anilines is 1. The van der Waals surface area contributed by atoms with E-state index in [4.69, 9.17) is 0 Å². The molecule has 0 aromatic carbocycles. The summed E-state index contributed by atoms with van der Waals surface area (Å²) in [4.78, 5) is 20.6. The van der Waals surface area contributed by atoms with Crippen LogP contribution in [-0.4, -0.2) is 49.0 Å². The highest BCUT2D eigenvalue weighted by atomic mass is 19.4. The molecule has 1 amide bonds. The van der Waals surface area contributed by atoms with Gasteiger partial charge in [0.15, 0.2) is 5.82 Å². The fraction of sp³-hybridized carbons (Fsp3) is 0.357. The summed E-state index contributed by atoms with van der Waals surface area (Å²) < 4.78 is 36.4. The minimum Gasteiger partial charge on any atom is -0.465 e. The summed E-state index contributed by atoms with van der Waals surface area (Å²) in [7, 11) is 0. The van der Waals surface area contributed by atoms with Crippen LogP contribution in [0.25, 0.3) is 0 Å². The number of hydrogen-bond acceptors (Lipinski definition) is 6. The van der Waals surface area contributed by atoms with E-state index in [0.717, 1.165) is 4.90 Å². The van der Waals surface area contributed by atoms with Crippen molar-refractivity contribution >= 4 is 11.9 Å². The van der Waals surface area contributed by atoms with Crippen LogP contribution in [0.1, 0.15) is 24.5 Å². The van der Waals surface area contributed by atoms with Crippen molar-refractivity contribution in [1.82, 2.24) is 25.1 Å². The summed E-state index contributed by atoms with van der Waals surface area (Å²) >= 11 is 0. The normalized spacial score (nSPS) is 12.5. The van der Waals surface area contributed by atoms with Gasteiger partial charge in [0, 0.05) is 12.4 Å². The van der Waals surface area contributed by atoms with Crippen LogP contribution in [0, 0.1) is 0 Å². The molecule has 134 valence electrons. The number of halogens is 3. The van der Waals surface area contributed by atoms with Gasteiger partial charge in [0.25, 0.3) is 0 Å². The van der Waals surface area contributed by atoms with Crippen molar-refractivity contribution in [3.8, 4) is 0 Å². The third kappa shape index (κ3) is 5.55. The van der Waals surface area contributed by atoms with Crippen LogP contribution >= 0.6 is 0 Å². The van der Waals surface area contributed by atoms with Crippen molar-refractivity contribution in [2.75, 3.05) is 11.9 Å². The maximum absolute atomic E-state index is 12.1. The van der Waals surface area contributed by atoms with Gasteiger partial charge in [-0.1, -0.05) is 0 Å². The zero-order valence-electron chi connectivity index (χ0n) is 13.1. The number of aromatic nitrogens is 4. The summed E-state index contributed by atoms with van der Waals surface area (Å²) in [5.74, 6) is 0.267. The Labute approximate surface area is 140 Å². The number of alkyl halides is 3. The van der Waals surface area contributed by atoms with Crippen LogP contribution in [0.5, 0.6) is 0 Å². The molecule has 8 nitrogen and oxygen atoms in total. The first-order valence-electron chi connectivity index (χ1n) is 7.16. The van der Waals surface area contributed by atoms with Crippen LogP contribution < -0.4 is 5.32 Å². The molecule has 1 atom stereocenters. The molecule has 0 saturated carbocycles. The molecule has 2 heterocycles. The minimum absolute atomic E-state index is 0.0533. The predicted molar refractivity (Wildman–Crippen MR) is 80.6 cm³/mol. The fourth-order valence-corrected chi connectivity index (χ4v) is 1.94. The van der Waals surface area contributed by atoms with Crippen LogP contribution in [-0.2, 0) is 6.54 Å². The third-order valence-corrected chi connectivity index (χ3v) is 3.19. The van der Waals surface area contributed by atoms with Crippen molar-refractivity contribution in [2.45, 2.75) is 25.7 Å². The van der Waals surface area contributed by atoms with Crippen molar-refractivity contribution in [3.05, 3.63) is 42.1 Å². The average Bonchev–Trinajstić information content (AvgIpc) is 2.58. The van der Waals surface area contributed by atoms with E-state index < -0.39 is 24.9 Å². The predicted octanol–water partition coefficient (Wildman–Crippen LogP) is 2.48. The van der Waals surface area contributed by atoms with Gasteiger partial charge in [-0.3, -0.25) is 4.90 Å². The van der Waals surface area contributed by atoms with E-state index in [1.54, 1.807) is 13.0 Å². The lowest BCUT2D eigenvalue weighted by Gasteiger charge is -2.24. The van der Waals surface area contributed by atoms with E-state index in [9.17, 15) is 23.1 Å². The quantitative estimate of drug-likeness (QED) is 0.819. The average molecular weight is 356 g/mol. The first-order valence-corrected chi connectivity index (χ1v) is 7.16. The fourth-order valence-electron chi connectivity index (χ4n) is 1.94. The van der Waals surface area contributed by atoms with Crippen molar-refractivity contribution < 1.29 is 23.1 Å². The molecule has 0 aliphatic heterocycles. The Kier molecular flexibility index (Phi) is 5.67. The Morgan fingerprint density at radius 1 is 1.28 bits per heavy atom. The highest BCUT2D eigenvalue weighted by Crippen LogP contribution is 2.19. The maximum Gasteiger partial charge on any atom is 0.408 e. The SMILES string of the molecule is C[C@H](c1ncccn1)N(Cc1ccc(NCC(F)(F)F)nn1)C(=O)O. The Balaban J connectivity index is 2.06. The summed E-state index contributed by atoms with van der Waals surface area (Å²) in [5.41, 5.74) is 0.280. The van der Waals surface area contributed by atoms with Gasteiger partial charge in [-0.2, -0.15) is 18.3 Å². The topological polar surface area (TPSA) is 104 Å². The molecular formula is C14H15F3N6O2. The zero-order valence-corrected chi connectivity index (χ0v) is 13.1. The second-order valence-electron chi connectivity index (χ2n) is 5.07. The van der Waals surface area contributed by atoms with Gasteiger partial charge in [-0.05, 0) is 25.1 Å². The molecule has 0 spiro atoms. The van der Waals surface area contributed by atoms with E-state index in [-0.39, 0.29) is 18.1 Å². The lowest BCUT2D eigenvalue weighted by atomic mass is 10.2. The molecule has 0 aliphatic rings. The van der Waals surface area contributed by atoms with Gasteiger partial charge in [0.2, 0.25) is 0 Å². The Hall–Kier alpha value is -2.98. The highest BCUT2D eigenvalue weighted by molar-refractivity contribution is 5.65. The van der Waals surface area contributed by atoms with Crippen molar-refractivity contribution in [3.63, 3.8) is 0 Å². The molecule has 0 bridgehead atoms. The Morgan fingerprint density at radius 3 is 2.48 bits per heavy atom. The number of rotatable bonds is 6. The van der Waals surface area contributed by atoms with Crippen LogP contribution in [0.2, 0.25) is 0 Å². The van der Waals surface area contributed by atoms with Gasteiger partial charge >= 0.3 is 12.3 Å². The van der Waals surface area contributed by atoms with E-state index in [1.807, 2.05) is 0 Å². The molecule has 11 heteroatoms. The van der Waals surface area contributed by atoms with Crippen molar-refractivity contribution in [1.29, 1.82) is 0 Å². The van der Waals surface area contributed by atoms with Crippen LogP contribution in [0.4, 0.5) is 23.8 Å². The van der Waals surface area contributed by atoms with Gasteiger partial charge in [0.05, 0.1) is 18.3 Å². The monoisotopic (exact) mass is 356 g/mol. The molecule has 0 radical (unpaired) electrons. The molecule has 2 rings (SSSR count). The molecule has 2 N–H and O–H groups in total. The van der Waals surface area contributed by atoms with Crippen molar-refractivity contribution in [2.24, 2.45) is 0 Å². The second-order valence-corrected chi connectivity index (χ2v) is 5.07. The molecule has 0 unspecified atom stereocenters. The van der Waals surface area contributed by atoms with E-state index in [1.165, 1.54) is 24.5 Å². The molecular weight excluding hydrogens is 341 g/mol. The smallest absolute Gasteiger partial charge is 0.408 e. The molecule has 0 saturated heterocycles. The summed E-state index contributed by atoms with van der Waals surface area (Å²) in [5, 5.41) is 18.8. The summed E-state index contributed by atoms with van der Waals surface area (Å²) in [6.45, 7) is 0.280. The summed E-state index contributed by atoms with van der Waals surface area (Å²) in [6.07, 6.45) is -2.58. The molecule has 25 heavy (non-hydrogen) atoms. The number of hydrogen-bond donors (Lipinski definition) is 2. The Bertz CT molecular complexity index is 696. The van der Waals surface area contributed by atoms with Gasteiger partial charge in [-0.25, -0.2) is 14.8 Å². The molecule has 0 fully saturated rings. The first-order chi connectivity index (χ1) is 11.8. The lowest BCUT2D eigenvalue weighted by molar-refractivity contribution is -0.115. The van der Waals surface area contributed by atoms with E-state index >= 15 is 0 Å². The minimum atomic E-state index is -4.37. The number of carboxylic acid groups (broad SMARTS) is 1. The number of nitrogens with zero attached hydrogens (tertiary/aromatic N) is 5. The lowest BCUT2D eigenvalue weighted by Crippen LogP contribution is -2.33. The number of carbonyl (C=O) groups is 1. The van der Waals surface area contributed by atoms with E-state index in [0.29, 0.717) is 5.82 Å². The summed E-state index contributed by atoms with van der Waals surface area (Å²) in [6, 6.07) is 3.68. The third-order valence-electron chi connectivity index (χ3n) is 3.19. The molecule has 2 aromatic rings. The van der Waals surface area contributed by atoms with E-state index in [2.05, 4.69) is 25.5 Å². The molecule has 0 aliphatic carbocycles. The number of amides is 1. The van der Waals surface area contributed by atoms with Gasteiger partial charge < -0.3 is 10.4 Å². The molecule has 2 aromatic heterocycles. The zero-order chi connectivity index (χ0) is 18.4. The Morgan fingerprint density at radius 2 is 1.96 bits per heavy atom. The van der Waals surface area contributed by atoms with Crippen LogP contribution in [0.15, 0.2) is 30.6 Å². The highest BCUT2D eigenvalue weighted by Gasteiger charge is 2.27.